The second-order valence-electron chi connectivity index (χ2n) is 6.91. The highest BCUT2D eigenvalue weighted by molar-refractivity contribution is 7.89. The van der Waals surface area contributed by atoms with Crippen molar-refractivity contribution in [2.45, 2.75) is 24.3 Å². The van der Waals surface area contributed by atoms with E-state index in [9.17, 15) is 26.4 Å². The Kier molecular flexibility index (Phi) is 6.77. The molecule has 0 saturated heterocycles. The lowest BCUT2D eigenvalue weighted by molar-refractivity contribution is -0.117. The van der Waals surface area contributed by atoms with E-state index in [1.807, 2.05) is 5.32 Å². The summed E-state index contributed by atoms with van der Waals surface area (Å²) in [6.45, 7) is 1.79. The fourth-order valence-electron chi connectivity index (χ4n) is 2.88. The topological polar surface area (TPSA) is 75.3 Å². The molecule has 0 saturated carbocycles. The SMILES string of the molecule is Cc1ccc(S(=O)(=O)N[C@@H](Cc2ccccc2)C(=O)Nc2c(F)cc(F)cc2F)cc1. The van der Waals surface area contributed by atoms with Gasteiger partial charge < -0.3 is 5.32 Å². The molecule has 0 aliphatic heterocycles. The van der Waals surface area contributed by atoms with E-state index in [-0.39, 0.29) is 11.3 Å². The first-order valence-corrected chi connectivity index (χ1v) is 10.7. The molecule has 162 valence electrons. The summed E-state index contributed by atoms with van der Waals surface area (Å²) in [7, 11) is -4.12. The quantitative estimate of drug-likeness (QED) is 0.575. The number of carbonyl (C=O) groups is 1. The molecule has 0 aliphatic rings. The van der Waals surface area contributed by atoms with Crippen molar-refractivity contribution in [3.63, 3.8) is 0 Å². The van der Waals surface area contributed by atoms with E-state index in [1.165, 1.54) is 12.1 Å². The van der Waals surface area contributed by atoms with E-state index in [1.54, 1.807) is 49.4 Å². The highest BCUT2D eigenvalue weighted by Crippen LogP contribution is 2.21. The number of hydrogen-bond donors (Lipinski definition) is 2. The zero-order chi connectivity index (χ0) is 22.6. The number of hydrogen-bond acceptors (Lipinski definition) is 3. The Morgan fingerprint density at radius 3 is 2.10 bits per heavy atom. The molecule has 0 fully saturated rings. The zero-order valence-corrected chi connectivity index (χ0v) is 17.2. The van der Waals surface area contributed by atoms with Crippen molar-refractivity contribution < 1.29 is 26.4 Å². The van der Waals surface area contributed by atoms with Crippen LogP contribution in [0.3, 0.4) is 0 Å². The van der Waals surface area contributed by atoms with Crippen LogP contribution in [0.4, 0.5) is 18.9 Å². The summed E-state index contributed by atoms with van der Waals surface area (Å²) in [6.07, 6.45) is -0.0812. The third-order valence-corrected chi connectivity index (χ3v) is 5.97. The average Bonchev–Trinajstić information content (AvgIpc) is 2.71. The fraction of sp³-hybridized carbons (Fsp3) is 0.136. The average molecular weight is 448 g/mol. The maximum Gasteiger partial charge on any atom is 0.243 e. The summed E-state index contributed by atoms with van der Waals surface area (Å²) in [5.41, 5.74) is 0.605. The van der Waals surface area contributed by atoms with Gasteiger partial charge in [0.15, 0.2) is 11.6 Å². The van der Waals surface area contributed by atoms with Crippen LogP contribution in [0.2, 0.25) is 0 Å². The van der Waals surface area contributed by atoms with Crippen molar-refractivity contribution in [1.29, 1.82) is 0 Å². The van der Waals surface area contributed by atoms with E-state index >= 15 is 0 Å². The van der Waals surface area contributed by atoms with Crippen LogP contribution in [-0.4, -0.2) is 20.4 Å². The number of benzene rings is 3. The first-order chi connectivity index (χ1) is 14.7. The van der Waals surface area contributed by atoms with Crippen LogP contribution >= 0.6 is 0 Å². The molecule has 9 heteroatoms. The molecule has 0 unspecified atom stereocenters. The van der Waals surface area contributed by atoms with Gasteiger partial charge in [0, 0.05) is 12.1 Å². The molecule has 2 N–H and O–H groups in total. The molecular weight excluding hydrogens is 429 g/mol. The Labute approximate surface area is 178 Å². The molecule has 1 amide bonds. The van der Waals surface area contributed by atoms with Crippen LogP contribution < -0.4 is 10.0 Å². The summed E-state index contributed by atoms with van der Waals surface area (Å²) in [6, 6.07) is 13.9. The number of halogens is 3. The maximum atomic E-state index is 14.0. The zero-order valence-electron chi connectivity index (χ0n) is 16.4. The number of carbonyl (C=O) groups excluding carboxylic acids is 1. The molecule has 3 aromatic carbocycles. The first kappa shape index (κ1) is 22.5. The first-order valence-electron chi connectivity index (χ1n) is 9.24. The number of rotatable bonds is 7. The molecule has 1 atom stereocenters. The molecule has 5 nitrogen and oxygen atoms in total. The predicted octanol–water partition coefficient (Wildman–Crippen LogP) is 3.94. The van der Waals surface area contributed by atoms with Gasteiger partial charge in [0.2, 0.25) is 15.9 Å². The normalized spacial score (nSPS) is 12.4. The van der Waals surface area contributed by atoms with Crippen molar-refractivity contribution in [1.82, 2.24) is 4.72 Å². The minimum atomic E-state index is -4.12. The van der Waals surface area contributed by atoms with Crippen molar-refractivity contribution in [3.05, 3.63) is 95.3 Å². The Balaban J connectivity index is 1.91. The van der Waals surface area contributed by atoms with E-state index in [4.69, 9.17) is 0 Å². The van der Waals surface area contributed by atoms with E-state index in [0.29, 0.717) is 17.7 Å². The maximum absolute atomic E-state index is 14.0. The van der Waals surface area contributed by atoms with Crippen LogP contribution in [0, 0.1) is 24.4 Å². The van der Waals surface area contributed by atoms with Crippen LogP contribution in [0.1, 0.15) is 11.1 Å². The molecule has 0 aliphatic carbocycles. The summed E-state index contributed by atoms with van der Waals surface area (Å²) < 4.78 is 69.0. The van der Waals surface area contributed by atoms with Gasteiger partial charge in [-0.1, -0.05) is 48.0 Å². The smallest absolute Gasteiger partial charge is 0.243 e. The monoisotopic (exact) mass is 448 g/mol. The summed E-state index contributed by atoms with van der Waals surface area (Å²) in [5, 5.41) is 2.03. The van der Waals surface area contributed by atoms with Gasteiger partial charge in [-0.2, -0.15) is 4.72 Å². The van der Waals surface area contributed by atoms with Crippen molar-refractivity contribution in [2.24, 2.45) is 0 Å². The Morgan fingerprint density at radius 2 is 1.52 bits per heavy atom. The third kappa shape index (κ3) is 5.71. The number of aryl methyl sites for hydroxylation is 1. The Hall–Kier alpha value is -3.17. The molecule has 3 rings (SSSR count). The minimum Gasteiger partial charge on any atom is -0.320 e. The predicted molar refractivity (Wildman–Crippen MR) is 110 cm³/mol. The second kappa shape index (κ2) is 9.32. The van der Waals surface area contributed by atoms with Crippen LogP contribution in [0.5, 0.6) is 0 Å². The van der Waals surface area contributed by atoms with Gasteiger partial charge in [0.25, 0.3) is 0 Å². The van der Waals surface area contributed by atoms with Crippen LogP contribution in [0.15, 0.2) is 71.6 Å². The fourth-order valence-corrected chi connectivity index (χ4v) is 4.08. The van der Waals surface area contributed by atoms with Crippen molar-refractivity contribution >= 4 is 21.6 Å². The van der Waals surface area contributed by atoms with Gasteiger partial charge in [-0.3, -0.25) is 4.79 Å². The van der Waals surface area contributed by atoms with Gasteiger partial charge in [-0.25, -0.2) is 21.6 Å². The number of sulfonamides is 1. The highest BCUT2D eigenvalue weighted by atomic mass is 32.2. The summed E-state index contributed by atoms with van der Waals surface area (Å²) >= 11 is 0. The molecule has 31 heavy (non-hydrogen) atoms. The third-order valence-electron chi connectivity index (χ3n) is 4.48. The van der Waals surface area contributed by atoms with Crippen LogP contribution in [0.25, 0.3) is 0 Å². The number of anilines is 1. The standard InChI is InChI=1S/C22H19F3N2O3S/c1-14-7-9-17(10-8-14)31(29,30)27-20(11-15-5-3-2-4-6-15)22(28)26-21-18(24)12-16(23)13-19(21)25/h2-10,12-13,20,27H,11H2,1H3,(H,26,28)/t20-/m0/s1. The molecule has 0 bridgehead atoms. The van der Waals surface area contributed by atoms with E-state index in [2.05, 4.69) is 4.72 Å². The largest absolute Gasteiger partial charge is 0.320 e. The number of nitrogens with one attached hydrogen (secondary N) is 2. The number of amides is 1. The van der Waals surface area contributed by atoms with Gasteiger partial charge >= 0.3 is 0 Å². The summed E-state index contributed by atoms with van der Waals surface area (Å²) in [5.74, 6) is -4.77. The second-order valence-corrected chi connectivity index (χ2v) is 8.62. The molecule has 0 radical (unpaired) electrons. The van der Waals surface area contributed by atoms with Gasteiger partial charge in [-0.05, 0) is 31.0 Å². The molecule has 0 spiro atoms. The highest BCUT2D eigenvalue weighted by Gasteiger charge is 2.27. The lowest BCUT2D eigenvalue weighted by Gasteiger charge is -2.19. The van der Waals surface area contributed by atoms with Crippen molar-refractivity contribution in [2.75, 3.05) is 5.32 Å². The van der Waals surface area contributed by atoms with Crippen molar-refractivity contribution in [3.8, 4) is 0 Å². The Morgan fingerprint density at radius 1 is 0.935 bits per heavy atom. The Bertz CT molecular complexity index is 1160. The minimum absolute atomic E-state index is 0.0666. The van der Waals surface area contributed by atoms with E-state index < -0.39 is 45.1 Å². The van der Waals surface area contributed by atoms with Gasteiger partial charge in [0.05, 0.1) is 4.90 Å². The van der Waals surface area contributed by atoms with Crippen LogP contribution in [-0.2, 0) is 21.2 Å². The molecule has 3 aromatic rings. The summed E-state index contributed by atoms with van der Waals surface area (Å²) in [4.78, 5) is 12.7. The van der Waals surface area contributed by atoms with Gasteiger partial charge in [-0.15, -0.1) is 0 Å². The lowest BCUT2D eigenvalue weighted by Crippen LogP contribution is -2.45. The molecule has 0 heterocycles. The van der Waals surface area contributed by atoms with E-state index in [0.717, 1.165) is 5.56 Å². The molecule has 0 aromatic heterocycles. The lowest BCUT2D eigenvalue weighted by atomic mass is 10.1. The molecular formula is C22H19F3N2O3S. The van der Waals surface area contributed by atoms with Gasteiger partial charge in [0.1, 0.15) is 17.5 Å².